The molecular weight excluding hydrogens is 278 g/mol. The molecule has 0 atom stereocenters. The lowest BCUT2D eigenvalue weighted by atomic mass is 10.2. The molecule has 3 rings (SSSR count). The van der Waals surface area contributed by atoms with Gasteiger partial charge in [-0.25, -0.2) is 9.97 Å². The first-order valence-electron chi connectivity index (χ1n) is 5.63. The first kappa shape index (κ1) is 12.1. The van der Waals surface area contributed by atoms with Gasteiger partial charge in [0.25, 0.3) is 0 Å². The van der Waals surface area contributed by atoms with Crippen molar-refractivity contribution in [2.45, 2.75) is 6.54 Å². The molecule has 96 valence electrons. The Labute approximate surface area is 118 Å². The fourth-order valence-electron chi connectivity index (χ4n) is 1.66. The molecule has 3 heterocycles. The van der Waals surface area contributed by atoms with Gasteiger partial charge in [-0.1, -0.05) is 17.4 Å². The summed E-state index contributed by atoms with van der Waals surface area (Å²) in [7, 11) is 0. The Kier molecular flexibility index (Phi) is 3.39. The van der Waals surface area contributed by atoms with Crippen LogP contribution in [0.5, 0.6) is 0 Å². The third-order valence-electron chi connectivity index (χ3n) is 2.45. The van der Waals surface area contributed by atoms with Crippen molar-refractivity contribution in [3.63, 3.8) is 0 Å². The van der Waals surface area contributed by atoms with Crippen molar-refractivity contribution in [2.24, 2.45) is 0 Å². The van der Waals surface area contributed by atoms with Crippen LogP contribution in [0.15, 0.2) is 36.0 Å². The number of thiazole rings is 2. The lowest BCUT2D eigenvalue weighted by Gasteiger charge is -2.02. The number of nitrogens with two attached hydrogens (primary N) is 1. The largest absolute Gasteiger partial charge is 0.375 e. The maximum atomic E-state index is 5.80. The molecule has 0 fully saturated rings. The molecule has 0 saturated carbocycles. The number of hydrogen-bond donors (Lipinski definition) is 2. The van der Waals surface area contributed by atoms with Gasteiger partial charge in [0.15, 0.2) is 10.3 Å². The van der Waals surface area contributed by atoms with E-state index in [4.69, 9.17) is 5.73 Å². The average molecular weight is 289 g/mol. The molecule has 0 aliphatic heterocycles. The second kappa shape index (κ2) is 5.33. The van der Waals surface area contributed by atoms with Crippen LogP contribution in [0.4, 0.5) is 10.3 Å². The van der Waals surface area contributed by atoms with E-state index in [2.05, 4.69) is 20.3 Å². The molecule has 0 aliphatic rings. The van der Waals surface area contributed by atoms with Crippen LogP contribution in [-0.2, 0) is 6.54 Å². The van der Waals surface area contributed by atoms with E-state index in [1.54, 1.807) is 23.7 Å². The Morgan fingerprint density at radius 1 is 1.21 bits per heavy atom. The number of pyridine rings is 1. The van der Waals surface area contributed by atoms with E-state index in [0.29, 0.717) is 11.7 Å². The topological polar surface area (TPSA) is 76.7 Å². The number of aromatic nitrogens is 3. The molecule has 0 saturated heterocycles. The minimum Gasteiger partial charge on any atom is -0.375 e. The smallest absolute Gasteiger partial charge is 0.182 e. The van der Waals surface area contributed by atoms with Gasteiger partial charge < -0.3 is 11.1 Å². The molecule has 3 N–H and O–H groups in total. The lowest BCUT2D eigenvalue weighted by molar-refractivity contribution is 1.15. The van der Waals surface area contributed by atoms with Crippen molar-refractivity contribution in [3.05, 3.63) is 40.8 Å². The molecular formula is C12H11N5S2. The molecule has 19 heavy (non-hydrogen) atoms. The number of anilines is 2. The predicted octanol–water partition coefficient (Wildman–Crippen LogP) is 2.86. The second-order valence-electron chi connectivity index (χ2n) is 3.73. The predicted molar refractivity (Wildman–Crippen MR) is 79.2 cm³/mol. The third-order valence-corrected chi connectivity index (χ3v) is 4.07. The van der Waals surface area contributed by atoms with E-state index in [-0.39, 0.29) is 0 Å². The maximum absolute atomic E-state index is 5.80. The molecule has 0 radical (unpaired) electrons. The van der Waals surface area contributed by atoms with Crippen LogP contribution in [0.25, 0.3) is 11.4 Å². The average Bonchev–Trinajstić information content (AvgIpc) is 3.06. The minimum atomic E-state index is 0.552. The zero-order chi connectivity index (χ0) is 13.1. The Morgan fingerprint density at radius 3 is 2.89 bits per heavy atom. The van der Waals surface area contributed by atoms with E-state index in [1.807, 2.05) is 23.6 Å². The third kappa shape index (κ3) is 2.72. The lowest BCUT2D eigenvalue weighted by Crippen LogP contribution is -1.98. The van der Waals surface area contributed by atoms with Crippen LogP contribution >= 0.6 is 22.7 Å². The molecule has 3 aromatic rings. The molecule has 3 aromatic heterocycles. The Hall–Kier alpha value is -1.99. The Bertz CT molecular complexity index is 648. The van der Waals surface area contributed by atoms with Crippen LogP contribution in [0.2, 0.25) is 0 Å². The summed E-state index contributed by atoms with van der Waals surface area (Å²) in [6, 6.07) is 5.75. The second-order valence-corrected chi connectivity index (χ2v) is 5.74. The summed E-state index contributed by atoms with van der Waals surface area (Å²) < 4.78 is 0. The van der Waals surface area contributed by atoms with E-state index in [0.717, 1.165) is 21.4 Å². The van der Waals surface area contributed by atoms with Gasteiger partial charge in [-0.05, 0) is 12.1 Å². The van der Waals surface area contributed by atoms with Gasteiger partial charge in [0.05, 0.1) is 17.1 Å². The van der Waals surface area contributed by atoms with E-state index in [1.165, 1.54) is 11.3 Å². The summed E-state index contributed by atoms with van der Waals surface area (Å²) in [6.45, 7) is 0.647. The van der Waals surface area contributed by atoms with Crippen molar-refractivity contribution >= 4 is 32.9 Å². The molecule has 0 spiro atoms. The van der Waals surface area contributed by atoms with Gasteiger partial charge in [0.2, 0.25) is 0 Å². The van der Waals surface area contributed by atoms with Crippen LogP contribution < -0.4 is 11.1 Å². The zero-order valence-electron chi connectivity index (χ0n) is 9.91. The maximum Gasteiger partial charge on any atom is 0.182 e. The highest BCUT2D eigenvalue weighted by Crippen LogP contribution is 2.29. The summed E-state index contributed by atoms with van der Waals surface area (Å²) in [5.41, 5.74) is 7.48. The summed E-state index contributed by atoms with van der Waals surface area (Å²) in [5.74, 6) is 0. The number of nitrogens with zero attached hydrogens (tertiary/aromatic N) is 3. The Morgan fingerprint density at radius 2 is 2.16 bits per heavy atom. The molecule has 5 nitrogen and oxygen atoms in total. The summed E-state index contributed by atoms with van der Waals surface area (Å²) >= 11 is 3.04. The standard InChI is InChI=1S/C12H11N5S2/c13-11-17-10(8-3-1-2-4-14-8)9(19-11)7-16-12-15-5-6-18-12/h1-6H,7H2,(H2,13,17)(H,15,16). The number of nitrogen functional groups attached to an aromatic ring is 1. The van der Waals surface area contributed by atoms with E-state index in [9.17, 15) is 0 Å². The molecule has 0 unspecified atom stereocenters. The van der Waals surface area contributed by atoms with Crippen molar-refractivity contribution < 1.29 is 0 Å². The SMILES string of the molecule is Nc1nc(-c2ccccn2)c(CNc2nccs2)s1. The van der Waals surface area contributed by atoms with E-state index >= 15 is 0 Å². The summed E-state index contributed by atoms with van der Waals surface area (Å²) in [5, 5.41) is 6.63. The van der Waals surface area contributed by atoms with Gasteiger partial charge in [0, 0.05) is 17.8 Å². The Balaban J connectivity index is 1.85. The van der Waals surface area contributed by atoms with Crippen molar-refractivity contribution in [1.29, 1.82) is 0 Å². The first-order valence-corrected chi connectivity index (χ1v) is 7.32. The van der Waals surface area contributed by atoms with Gasteiger partial charge in [-0.3, -0.25) is 4.98 Å². The number of nitrogens with one attached hydrogen (secondary N) is 1. The minimum absolute atomic E-state index is 0.552. The zero-order valence-corrected chi connectivity index (χ0v) is 11.5. The van der Waals surface area contributed by atoms with E-state index < -0.39 is 0 Å². The highest BCUT2D eigenvalue weighted by Gasteiger charge is 2.12. The van der Waals surface area contributed by atoms with Crippen molar-refractivity contribution in [1.82, 2.24) is 15.0 Å². The van der Waals surface area contributed by atoms with Gasteiger partial charge in [-0.15, -0.1) is 11.3 Å². The summed E-state index contributed by atoms with van der Waals surface area (Å²) in [4.78, 5) is 13.9. The van der Waals surface area contributed by atoms with Crippen LogP contribution in [0, 0.1) is 0 Å². The highest BCUT2D eigenvalue weighted by atomic mass is 32.1. The van der Waals surface area contributed by atoms with Gasteiger partial charge >= 0.3 is 0 Å². The van der Waals surface area contributed by atoms with Crippen LogP contribution in [-0.4, -0.2) is 15.0 Å². The highest BCUT2D eigenvalue weighted by molar-refractivity contribution is 7.16. The number of hydrogen-bond acceptors (Lipinski definition) is 7. The van der Waals surface area contributed by atoms with Crippen molar-refractivity contribution in [3.8, 4) is 11.4 Å². The fourth-order valence-corrected chi connectivity index (χ4v) is 2.97. The first-order chi connectivity index (χ1) is 9.33. The van der Waals surface area contributed by atoms with Crippen LogP contribution in [0.1, 0.15) is 4.88 Å². The van der Waals surface area contributed by atoms with Crippen LogP contribution in [0.3, 0.4) is 0 Å². The molecule has 0 bridgehead atoms. The molecule has 0 aliphatic carbocycles. The number of rotatable bonds is 4. The van der Waals surface area contributed by atoms with Gasteiger partial charge in [-0.2, -0.15) is 0 Å². The van der Waals surface area contributed by atoms with Gasteiger partial charge in [0.1, 0.15) is 5.69 Å². The quantitative estimate of drug-likeness (QED) is 0.772. The fraction of sp³-hybridized carbons (Fsp3) is 0.0833. The normalized spacial score (nSPS) is 10.5. The molecule has 0 amide bonds. The molecule has 0 aromatic carbocycles. The molecule has 7 heteroatoms. The monoisotopic (exact) mass is 289 g/mol. The summed E-state index contributed by atoms with van der Waals surface area (Å²) in [6.07, 6.45) is 3.52. The van der Waals surface area contributed by atoms with Crippen molar-refractivity contribution in [2.75, 3.05) is 11.1 Å².